The van der Waals surface area contributed by atoms with Crippen LogP contribution in [0.3, 0.4) is 0 Å². The van der Waals surface area contributed by atoms with Crippen molar-refractivity contribution in [3.8, 4) is 0 Å². The van der Waals surface area contributed by atoms with Crippen LogP contribution in [-0.4, -0.2) is 36.9 Å². The quantitative estimate of drug-likeness (QED) is 0.856. The fourth-order valence-electron chi connectivity index (χ4n) is 3.56. The lowest BCUT2D eigenvalue weighted by Gasteiger charge is -2.13. The van der Waals surface area contributed by atoms with E-state index in [-0.39, 0.29) is 5.91 Å². The minimum absolute atomic E-state index is 0.239. The van der Waals surface area contributed by atoms with E-state index in [0.29, 0.717) is 11.8 Å². The third-order valence-electron chi connectivity index (χ3n) is 4.99. The van der Waals surface area contributed by atoms with Crippen molar-refractivity contribution in [2.75, 3.05) is 20.1 Å². The fraction of sp³-hybridized carbons (Fsp3) is 0.895. The lowest BCUT2D eigenvalue weighted by molar-refractivity contribution is -0.130. The van der Waals surface area contributed by atoms with Gasteiger partial charge in [0.05, 0.1) is 0 Å². The monoisotopic (exact) mass is 324 g/mol. The molecule has 0 aromatic rings. The van der Waals surface area contributed by atoms with Crippen LogP contribution in [0.15, 0.2) is 0 Å². The van der Waals surface area contributed by atoms with Crippen LogP contribution < -0.4 is 5.32 Å². The molecule has 4 nitrogen and oxygen atoms in total. The Morgan fingerprint density at radius 1 is 1.04 bits per heavy atom. The molecule has 2 aliphatic rings. The van der Waals surface area contributed by atoms with Gasteiger partial charge in [-0.25, -0.2) is 0 Å². The highest BCUT2D eigenvalue weighted by Gasteiger charge is 2.19. The number of nitrogens with zero attached hydrogens (tertiary/aromatic N) is 1. The van der Waals surface area contributed by atoms with Gasteiger partial charge in [0.2, 0.25) is 11.8 Å². The van der Waals surface area contributed by atoms with Crippen molar-refractivity contribution in [2.24, 2.45) is 11.8 Å². The molecule has 0 aromatic heterocycles. The summed E-state index contributed by atoms with van der Waals surface area (Å²) in [5.41, 5.74) is 0. The average molecular weight is 325 g/mol. The lowest BCUT2D eigenvalue weighted by Crippen LogP contribution is -2.26. The minimum Gasteiger partial charge on any atom is -0.356 e. The Bertz CT molecular complexity index is 357. The van der Waals surface area contributed by atoms with Gasteiger partial charge in [-0.3, -0.25) is 9.59 Å². The van der Waals surface area contributed by atoms with Crippen LogP contribution in [0, 0.1) is 11.8 Å². The van der Waals surface area contributed by atoms with Gasteiger partial charge in [-0.05, 0) is 43.9 Å². The Hall–Kier alpha value is -1.06. The molecule has 2 heterocycles. The van der Waals surface area contributed by atoms with Crippen LogP contribution in [-0.2, 0) is 9.59 Å². The smallest absolute Gasteiger partial charge is 0.222 e. The molecule has 2 rings (SSSR count). The molecule has 0 bridgehead atoms. The van der Waals surface area contributed by atoms with E-state index in [1.165, 1.54) is 44.9 Å². The number of hydrogen-bond acceptors (Lipinski definition) is 2. The Balaban J connectivity index is 0.000000231. The summed E-state index contributed by atoms with van der Waals surface area (Å²) in [6.07, 6.45) is 11.2. The molecule has 1 N–H and O–H groups in total. The zero-order valence-corrected chi connectivity index (χ0v) is 15.4. The van der Waals surface area contributed by atoms with E-state index >= 15 is 0 Å². The fourth-order valence-corrected chi connectivity index (χ4v) is 3.56. The summed E-state index contributed by atoms with van der Waals surface area (Å²) in [6, 6.07) is 0. The van der Waals surface area contributed by atoms with Gasteiger partial charge < -0.3 is 10.2 Å². The van der Waals surface area contributed by atoms with E-state index in [1.54, 1.807) is 0 Å². The Morgan fingerprint density at radius 3 is 2.39 bits per heavy atom. The first kappa shape index (κ1) is 20.0. The molecule has 2 aliphatic heterocycles. The second-order valence-corrected chi connectivity index (χ2v) is 7.17. The molecule has 4 heteroatoms. The first-order valence-corrected chi connectivity index (χ1v) is 9.57. The number of rotatable bonds is 4. The van der Waals surface area contributed by atoms with Crippen molar-refractivity contribution < 1.29 is 9.59 Å². The molecule has 0 aromatic carbocycles. The maximum Gasteiger partial charge on any atom is 0.222 e. The molecule has 2 fully saturated rings. The van der Waals surface area contributed by atoms with Gasteiger partial charge in [0, 0.05) is 33.0 Å². The van der Waals surface area contributed by atoms with E-state index < -0.39 is 0 Å². The highest BCUT2D eigenvalue weighted by Crippen LogP contribution is 2.21. The molecule has 2 saturated heterocycles. The maximum atomic E-state index is 11.4. The van der Waals surface area contributed by atoms with Crippen LogP contribution in [0.4, 0.5) is 0 Å². The van der Waals surface area contributed by atoms with Crippen LogP contribution in [0.25, 0.3) is 0 Å². The predicted octanol–water partition coefficient (Wildman–Crippen LogP) is 3.75. The van der Waals surface area contributed by atoms with Gasteiger partial charge in [-0.1, -0.05) is 33.1 Å². The van der Waals surface area contributed by atoms with Crippen LogP contribution in [0.2, 0.25) is 0 Å². The molecule has 0 saturated carbocycles. The first-order valence-electron chi connectivity index (χ1n) is 9.57. The van der Waals surface area contributed by atoms with E-state index in [2.05, 4.69) is 19.2 Å². The summed E-state index contributed by atoms with van der Waals surface area (Å²) >= 11 is 0. The third kappa shape index (κ3) is 8.38. The standard InChI is InChI=1S/C10H19NO.C9H17NO/c1-3-5-9-6-4-7-11(2)10(12)8-9;1-2-4-8-5-3-6-9(11)10-7-8/h9H,3-8H2,1-2H3;8H,2-7H2,1H3,(H,10,11). The maximum absolute atomic E-state index is 11.4. The van der Waals surface area contributed by atoms with Gasteiger partial charge in [0.25, 0.3) is 0 Å². The summed E-state index contributed by atoms with van der Waals surface area (Å²) in [5.74, 6) is 1.98. The number of amides is 2. The summed E-state index contributed by atoms with van der Waals surface area (Å²) in [4.78, 5) is 24.2. The summed E-state index contributed by atoms with van der Waals surface area (Å²) in [7, 11) is 1.91. The molecule has 0 radical (unpaired) electrons. The second-order valence-electron chi connectivity index (χ2n) is 7.17. The molecule has 2 amide bonds. The van der Waals surface area contributed by atoms with Crippen molar-refractivity contribution in [2.45, 2.75) is 78.1 Å². The summed E-state index contributed by atoms with van der Waals surface area (Å²) in [5, 5.41) is 2.94. The molecular formula is C19H36N2O2. The first-order chi connectivity index (χ1) is 11.1. The molecule has 0 aliphatic carbocycles. The van der Waals surface area contributed by atoms with Gasteiger partial charge in [0.1, 0.15) is 0 Å². The van der Waals surface area contributed by atoms with Crippen molar-refractivity contribution in [1.82, 2.24) is 10.2 Å². The molecule has 134 valence electrons. The largest absolute Gasteiger partial charge is 0.356 e. The summed E-state index contributed by atoms with van der Waals surface area (Å²) in [6.45, 7) is 6.26. The minimum atomic E-state index is 0.239. The Morgan fingerprint density at radius 2 is 1.70 bits per heavy atom. The topological polar surface area (TPSA) is 49.4 Å². The zero-order valence-electron chi connectivity index (χ0n) is 15.4. The SMILES string of the molecule is CCCC1CCCC(=O)NC1.CCCC1CCCN(C)C(=O)C1. The van der Waals surface area contributed by atoms with Gasteiger partial charge >= 0.3 is 0 Å². The number of likely N-dealkylation sites (tertiary alicyclic amines) is 1. The van der Waals surface area contributed by atoms with Crippen molar-refractivity contribution >= 4 is 11.8 Å². The number of nitrogens with one attached hydrogen (secondary N) is 1. The predicted molar refractivity (Wildman–Crippen MR) is 95.1 cm³/mol. The van der Waals surface area contributed by atoms with Gasteiger partial charge in [-0.2, -0.15) is 0 Å². The van der Waals surface area contributed by atoms with E-state index in [9.17, 15) is 9.59 Å². The van der Waals surface area contributed by atoms with Crippen LogP contribution >= 0.6 is 0 Å². The average Bonchev–Trinajstić information content (AvgIpc) is 2.81. The molecular weight excluding hydrogens is 288 g/mol. The zero-order chi connectivity index (χ0) is 17.1. The normalized spacial score (nSPS) is 25.8. The molecule has 23 heavy (non-hydrogen) atoms. The Kier molecular flexibility index (Phi) is 9.97. The van der Waals surface area contributed by atoms with Gasteiger partial charge in [-0.15, -0.1) is 0 Å². The van der Waals surface area contributed by atoms with Crippen LogP contribution in [0.5, 0.6) is 0 Å². The Labute approximate surface area is 142 Å². The number of carbonyl (C=O) groups excluding carboxylic acids is 2. The number of hydrogen-bond donors (Lipinski definition) is 1. The summed E-state index contributed by atoms with van der Waals surface area (Å²) < 4.78 is 0. The second kappa shape index (κ2) is 11.5. The van der Waals surface area contributed by atoms with Gasteiger partial charge in [0.15, 0.2) is 0 Å². The number of carbonyl (C=O) groups is 2. The van der Waals surface area contributed by atoms with E-state index in [1.807, 2.05) is 11.9 Å². The lowest BCUT2D eigenvalue weighted by atomic mass is 9.95. The van der Waals surface area contributed by atoms with Crippen molar-refractivity contribution in [3.63, 3.8) is 0 Å². The highest BCUT2D eigenvalue weighted by molar-refractivity contribution is 5.76. The van der Waals surface area contributed by atoms with Crippen molar-refractivity contribution in [1.29, 1.82) is 0 Å². The van der Waals surface area contributed by atoms with E-state index in [0.717, 1.165) is 38.3 Å². The van der Waals surface area contributed by atoms with Crippen molar-refractivity contribution in [3.05, 3.63) is 0 Å². The van der Waals surface area contributed by atoms with E-state index in [4.69, 9.17) is 0 Å². The molecule has 2 unspecified atom stereocenters. The molecule has 0 spiro atoms. The third-order valence-corrected chi connectivity index (χ3v) is 4.99. The highest BCUT2D eigenvalue weighted by atomic mass is 16.2. The molecule has 2 atom stereocenters. The van der Waals surface area contributed by atoms with Crippen LogP contribution in [0.1, 0.15) is 78.1 Å².